The third-order valence-corrected chi connectivity index (χ3v) is 4.22. The molecule has 0 heterocycles. The van der Waals surface area contributed by atoms with Gasteiger partial charge in [-0.25, -0.2) is 0 Å². The van der Waals surface area contributed by atoms with Crippen molar-refractivity contribution in [2.75, 3.05) is 38.6 Å². The van der Waals surface area contributed by atoms with Crippen LogP contribution in [0.25, 0.3) is 0 Å². The molecule has 0 atom stereocenters. The lowest BCUT2D eigenvalue weighted by Gasteiger charge is -2.27. The van der Waals surface area contributed by atoms with Crippen molar-refractivity contribution in [1.29, 1.82) is 0 Å². The summed E-state index contributed by atoms with van der Waals surface area (Å²) in [7, 11) is 3.45. The summed E-state index contributed by atoms with van der Waals surface area (Å²) in [6.45, 7) is 3.55. The number of amides is 2. The lowest BCUT2D eigenvalue weighted by atomic mass is 10.2. The number of para-hydroxylation sites is 1. The molecule has 2 rings (SSSR count). The fraction of sp³-hybridized carbons (Fsp3) is 0.333. The summed E-state index contributed by atoms with van der Waals surface area (Å²) in [5.41, 5.74) is 1.92. The second-order valence-electron chi connectivity index (χ2n) is 6.39. The monoisotopic (exact) mass is 353 g/mol. The summed E-state index contributed by atoms with van der Waals surface area (Å²) in [5.74, 6) is -0.0255. The Bertz CT molecular complexity index is 702. The molecule has 5 nitrogen and oxygen atoms in total. The molecule has 0 radical (unpaired) electrons. The van der Waals surface area contributed by atoms with Crippen molar-refractivity contribution in [3.8, 4) is 0 Å². The largest absolute Gasteiger partial charge is 0.348 e. The van der Waals surface area contributed by atoms with Crippen LogP contribution in [0.4, 0.5) is 5.69 Å². The van der Waals surface area contributed by atoms with Crippen LogP contribution in [-0.4, -0.2) is 55.3 Å². The second-order valence-corrected chi connectivity index (χ2v) is 6.39. The molecule has 0 saturated carbocycles. The maximum atomic E-state index is 13.0. The molecule has 2 aromatic rings. The number of carbonyl (C=O) groups excluding carboxylic acids is 2. The predicted octanol–water partition coefficient (Wildman–Crippen LogP) is 2.63. The first kappa shape index (κ1) is 19.7. The standard InChI is InChI=1S/C21H27N3O2/c1-4-23(16-20(25)22(2)3)17-21(26)24(19-13-9-6-10-14-19)15-18-11-7-5-8-12-18/h5-14H,4,15-17H2,1-3H3. The molecule has 0 spiro atoms. The van der Waals surface area contributed by atoms with Gasteiger partial charge in [0.25, 0.3) is 0 Å². The second kappa shape index (κ2) is 9.73. The van der Waals surface area contributed by atoms with Crippen molar-refractivity contribution in [1.82, 2.24) is 9.80 Å². The van der Waals surface area contributed by atoms with Crippen LogP contribution in [0.15, 0.2) is 60.7 Å². The number of likely N-dealkylation sites (N-methyl/N-ethyl adjacent to an activating group) is 2. The van der Waals surface area contributed by atoms with E-state index < -0.39 is 0 Å². The fourth-order valence-electron chi connectivity index (χ4n) is 2.59. The molecule has 0 aromatic heterocycles. The van der Waals surface area contributed by atoms with Crippen LogP contribution in [0.5, 0.6) is 0 Å². The maximum absolute atomic E-state index is 13.0. The van der Waals surface area contributed by atoms with Crippen molar-refractivity contribution < 1.29 is 9.59 Å². The normalized spacial score (nSPS) is 10.6. The molecule has 2 aromatic carbocycles. The molecular formula is C21H27N3O2. The van der Waals surface area contributed by atoms with Crippen molar-refractivity contribution in [3.63, 3.8) is 0 Å². The summed E-state index contributed by atoms with van der Waals surface area (Å²) >= 11 is 0. The van der Waals surface area contributed by atoms with Gasteiger partial charge < -0.3 is 9.80 Å². The lowest BCUT2D eigenvalue weighted by molar-refractivity contribution is -0.130. The Morgan fingerprint density at radius 3 is 1.88 bits per heavy atom. The van der Waals surface area contributed by atoms with Gasteiger partial charge >= 0.3 is 0 Å². The average Bonchev–Trinajstić information content (AvgIpc) is 2.66. The number of hydrogen-bond donors (Lipinski definition) is 0. The van der Waals surface area contributed by atoms with Crippen LogP contribution in [0.1, 0.15) is 12.5 Å². The highest BCUT2D eigenvalue weighted by atomic mass is 16.2. The first-order valence-electron chi connectivity index (χ1n) is 8.83. The molecule has 0 aliphatic carbocycles. The summed E-state index contributed by atoms with van der Waals surface area (Å²) in [6.07, 6.45) is 0. The smallest absolute Gasteiger partial charge is 0.241 e. The van der Waals surface area contributed by atoms with E-state index in [4.69, 9.17) is 0 Å². The summed E-state index contributed by atoms with van der Waals surface area (Å²) in [6, 6.07) is 19.6. The van der Waals surface area contributed by atoms with Crippen LogP contribution in [-0.2, 0) is 16.1 Å². The Hall–Kier alpha value is -2.66. The first-order chi connectivity index (χ1) is 12.5. The number of anilines is 1. The Kier molecular flexibility index (Phi) is 7.36. The van der Waals surface area contributed by atoms with E-state index in [1.807, 2.05) is 72.5 Å². The highest BCUT2D eigenvalue weighted by molar-refractivity contribution is 5.95. The van der Waals surface area contributed by atoms with Gasteiger partial charge in [0.05, 0.1) is 19.6 Å². The van der Waals surface area contributed by atoms with Crippen molar-refractivity contribution in [3.05, 3.63) is 66.2 Å². The number of carbonyl (C=O) groups is 2. The molecule has 0 unspecified atom stereocenters. The highest BCUT2D eigenvalue weighted by Crippen LogP contribution is 2.17. The predicted molar refractivity (Wildman–Crippen MR) is 105 cm³/mol. The number of nitrogens with zero attached hydrogens (tertiary/aromatic N) is 3. The Morgan fingerprint density at radius 1 is 0.808 bits per heavy atom. The molecule has 0 saturated heterocycles. The SMILES string of the molecule is CCN(CC(=O)N(C)C)CC(=O)N(Cc1ccccc1)c1ccccc1. The van der Waals surface area contributed by atoms with Gasteiger partial charge in [0, 0.05) is 19.8 Å². The van der Waals surface area contributed by atoms with Crippen LogP contribution in [0, 0.1) is 0 Å². The zero-order valence-corrected chi connectivity index (χ0v) is 15.8. The number of hydrogen-bond acceptors (Lipinski definition) is 3. The topological polar surface area (TPSA) is 43.9 Å². The Labute approximate surface area is 155 Å². The zero-order chi connectivity index (χ0) is 18.9. The minimum absolute atomic E-state index is 0.00558. The minimum atomic E-state index is -0.0199. The van der Waals surface area contributed by atoms with Crippen LogP contribution in [0.2, 0.25) is 0 Å². The van der Waals surface area contributed by atoms with Crippen LogP contribution >= 0.6 is 0 Å². The average molecular weight is 353 g/mol. The van der Waals surface area contributed by atoms with E-state index in [0.717, 1.165) is 11.3 Å². The third-order valence-electron chi connectivity index (χ3n) is 4.22. The summed E-state index contributed by atoms with van der Waals surface area (Å²) in [4.78, 5) is 30.2. The van der Waals surface area contributed by atoms with Gasteiger partial charge in [-0.2, -0.15) is 0 Å². The van der Waals surface area contributed by atoms with E-state index >= 15 is 0 Å². The highest BCUT2D eigenvalue weighted by Gasteiger charge is 2.20. The van der Waals surface area contributed by atoms with E-state index in [1.54, 1.807) is 23.9 Å². The van der Waals surface area contributed by atoms with Gasteiger partial charge in [-0.3, -0.25) is 14.5 Å². The molecule has 0 aliphatic heterocycles. The molecule has 0 aliphatic rings. The summed E-state index contributed by atoms with van der Waals surface area (Å²) in [5, 5.41) is 0. The molecule has 0 bridgehead atoms. The van der Waals surface area contributed by atoms with Crippen LogP contribution < -0.4 is 4.90 Å². The van der Waals surface area contributed by atoms with Gasteiger partial charge in [-0.05, 0) is 24.2 Å². The molecule has 0 N–H and O–H groups in total. The van der Waals surface area contributed by atoms with Crippen molar-refractivity contribution in [2.45, 2.75) is 13.5 Å². The lowest BCUT2D eigenvalue weighted by Crippen LogP contribution is -2.44. The van der Waals surface area contributed by atoms with E-state index in [9.17, 15) is 9.59 Å². The van der Waals surface area contributed by atoms with Crippen molar-refractivity contribution >= 4 is 17.5 Å². The van der Waals surface area contributed by atoms with E-state index in [-0.39, 0.29) is 24.9 Å². The number of rotatable bonds is 8. The van der Waals surface area contributed by atoms with Gasteiger partial charge in [0.2, 0.25) is 11.8 Å². The fourth-order valence-corrected chi connectivity index (χ4v) is 2.59. The molecule has 2 amide bonds. The van der Waals surface area contributed by atoms with Gasteiger partial charge in [-0.1, -0.05) is 55.5 Å². The summed E-state index contributed by atoms with van der Waals surface area (Å²) < 4.78 is 0. The molecule has 138 valence electrons. The molecular weight excluding hydrogens is 326 g/mol. The molecule has 26 heavy (non-hydrogen) atoms. The quantitative estimate of drug-likeness (QED) is 0.733. The van der Waals surface area contributed by atoms with Crippen molar-refractivity contribution in [2.24, 2.45) is 0 Å². The van der Waals surface area contributed by atoms with E-state index in [0.29, 0.717) is 13.1 Å². The molecule has 5 heteroatoms. The zero-order valence-electron chi connectivity index (χ0n) is 15.8. The Morgan fingerprint density at radius 2 is 1.35 bits per heavy atom. The van der Waals surface area contributed by atoms with Gasteiger partial charge in [0.1, 0.15) is 0 Å². The van der Waals surface area contributed by atoms with Gasteiger partial charge in [-0.15, -0.1) is 0 Å². The van der Waals surface area contributed by atoms with E-state index in [2.05, 4.69) is 0 Å². The van der Waals surface area contributed by atoms with Gasteiger partial charge in [0.15, 0.2) is 0 Å². The minimum Gasteiger partial charge on any atom is -0.348 e. The number of benzene rings is 2. The van der Waals surface area contributed by atoms with E-state index in [1.165, 1.54) is 0 Å². The first-order valence-corrected chi connectivity index (χ1v) is 8.83. The third kappa shape index (κ3) is 5.70. The molecule has 0 fully saturated rings. The Balaban J connectivity index is 2.16. The van der Waals surface area contributed by atoms with Crippen LogP contribution in [0.3, 0.4) is 0 Å². The maximum Gasteiger partial charge on any atom is 0.241 e.